The summed E-state index contributed by atoms with van der Waals surface area (Å²) in [5.41, 5.74) is 1.64. The van der Waals surface area contributed by atoms with Crippen molar-refractivity contribution in [2.75, 3.05) is 13.2 Å². The van der Waals surface area contributed by atoms with Crippen LogP contribution in [0.4, 0.5) is 8.78 Å². The van der Waals surface area contributed by atoms with Crippen molar-refractivity contribution < 1.29 is 13.5 Å². The van der Waals surface area contributed by atoms with Crippen molar-refractivity contribution in [1.82, 2.24) is 19.2 Å². The van der Waals surface area contributed by atoms with Gasteiger partial charge < -0.3 is 4.74 Å². The molecule has 0 amide bonds. The Hall–Kier alpha value is -2.43. The Kier molecular flexibility index (Phi) is 7.44. The third-order valence-corrected chi connectivity index (χ3v) is 6.59. The second kappa shape index (κ2) is 10.5. The fraction of sp³-hybridized carbons (Fsp3) is 0.318. The molecule has 0 N–H and O–H groups in total. The third kappa shape index (κ3) is 4.97. The summed E-state index contributed by atoms with van der Waals surface area (Å²) < 4.78 is 34.0. The molecular weight excluding hydrogens is 454 g/mol. The molecule has 4 rings (SSSR count). The van der Waals surface area contributed by atoms with Crippen LogP contribution in [-0.2, 0) is 17.0 Å². The molecule has 0 aliphatic carbocycles. The van der Waals surface area contributed by atoms with Crippen LogP contribution in [-0.4, -0.2) is 38.1 Å². The van der Waals surface area contributed by atoms with E-state index in [-0.39, 0.29) is 5.56 Å². The normalized spacial score (nSPS) is 11.8. The fourth-order valence-electron chi connectivity index (χ4n) is 3.41. The minimum atomic E-state index is -2.43. The number of halogens is 2. The Morgan fingerprint density at radius 3 is 2.62 bits per heavy atom. The molecule has 168 valence electrons. The molecule has 0 aliphatic rings. The van der Waals surface area contributed by atoms with Gasteiger partial charge in [0.2, 0.25) is 5.78 Å². The Morgan fingerprint density at radius 1 is 1.09 bits per heavy atom. The van der Waals surface area contributed by atoms with E-state index in [2.05, 4.69) is 10.2 Å². The molecule has 2 aromatic carbocycles. The maximum absolute atomic E-state index is 13.1. The van der Waals surface area contributed by atoms with Crippen molar-refractivity contribution in [2.24, 2.45) is 0 Å². The Balaban J connectivity index is 1.64. The van der Waals surface area contributed by atoms with Gasteiger partial charge in [0.15, 0.2) is 5.16 Å². The lowest BCUT2D eigenvalue weighted by Gasteiger charge is -2.11. The largest absolute Gasteiger partial charge is 0.382 e. The number of hydrogen-bond acceptors (Lipinski definition) is 6. The summed E-state index contributed by atoms with van der Waals surface area (Å²) in [6, 6.07) is 14.5. The zero-order valence-corrected chi connectivity index (χ0v) is 19.0. The van der Waals surface area contributed by atoms with Gasteiger partial charge in [-0.15, -0.1) is 10.2 Å². The molecule has 32 heavy (non-hydrogen) atoms. The van der Waals surface area contributed by atoms with E-state index in [1.165, 1.54) is 11.8 Å². The molecule has 4 aromatic rings. The second-order valence-corrected chi connectivity index (χ2v) is 8.96. The first kappa shape index (κ1) is 22.8. The maximum atomic E-state index is 13.1. The number of aromatic nitrogens is 4. The topological polar surface area (TPSA) is 61.4 Å². The van der Waals surface area contributed by atoms with Gasteiger partial charge >= 0.3 is 0 Å². The monoisotopic (exact) mass is 476 g/mol. The Labute approximate surface area is 192 Å². The first-order valence-corrected chi connectivity index (χ1v) is 12.1. The molecule has 2 heterocycles. The van der Waals surface area contributed by atoms with E-state index in [9.17, 15) is 13.6 Å². The Morgan fingerprint density at radius 2 is 1.88 bits per heavy atom. The molecule has 10 heteroatoms. The molecule has 6 nitrogen and oxygen atoms in total. The minimum Gasteiger partial charge on any atom is -0.382 e. The average Bonchev–Trinajstić information content (AvgIpc) is 3.22. The summed E-state index contributed by atoms with van der Waals surface area (Å²) in [7, 11) is 0. The van der Waals surface area contributed by atoms with E-state index in [1.807, 2.05) is 47.7 Å². The second-order valence-electron chi connectivity index (χ2n) is 6.95. The number of alkyl halides is 2. The van der Waals surface area contributed by atoms with Crippen LogP contribution in [0, 0.1) is 0 Å². The van der Waals surface area contributed by atoms with E-state index in [4.69, 9.17) is 4.74 Å². The van der Waals surface area contributed by atoms with Crippen molar-refractivity contribution in [3.05, 3.63) is 64.4 Å². The number of fused-ring (bicyclic) bond motifs is 3. The van der Waals surface area contributed by atoms with Crippen LogP contribution in [0.1, 0.15) is 18.9 Å². The first-order valence-electron chi connectivity index (χ1n) is 10.2. The van der Waals surface area contributed by atoms with Gasteiger partial charge in [-0.2, -0.15) is 8.78 Å². The highest BCUT2D eigenvalue weighted by molar-refractivity contribution is 7.99. The van der Waals surface area contributed by atoms with Gasteiger partial charge in [-0.05, 0) is 43.2 Å². The third-order valence-electron chi connectivity index (χ3n) is 4.87. The van der Waals surface area contributed by atoms with E-state index < -0.39 is 5.76 Å². The van der Waals surface area contributed by atoms with Gasteiger partial charge in [-0.1, -0.05) is 47.8 Å². The van der Waals surface area contributed by atoms with Gasteiger partial charge in [0.1, 0.15) is 0 Å². The highest BCUT2D eigenvalue weighted by atomic mass is 32.2. The lowest BCUT2D eigenvalue weighted by Crippen LogP contribution is -2.24. The molecule has 0 atom stereocenters. The van der Waals surface area contributed by atoms with Crippen molar-refractivity contribution in [2.45, 2.75) is 41.5 Å². The lowest BCUT2D eigenvalue weighted by atomic mass is 10.2. The smallest absolute Gasteiger partial charge is 0.288 e. The molecule has 0 radical (unpaired) electrons. The van der Waals surface area contributed by atoms with E-state index >= 15 is 0 Å². The highest BCUT2D eigenvalue weighted by Crippen LogP contribution is 2.28. The van der Waals surface area contributed by atoms with Crippen molar-refractivity contribution in [3.8, 4) is 0 Å². The fourth-order valence-corrected chi connectivity index (χ4v) is 4.81. The number of ether oxygens (including phenoxy) is 1. The standard InChI is InChI=1S/C22H22F2N4O2S2/c1-2-30-13-5-12-27-19(29)17-6-3-4-7-18(17)28-21(27)25-26-22(28)31-14-15-8-10-16(11-9-15)32-20(23)24/h3-4,6-11,20H,2,5,12-14H2,1H3. The van der Waals surface area contributed by atoms with Crippen LogP contribution in [0.2, 0.25) is 0 Å². The van der Waals surface area contributed by atoms with Crippen molar-refractivity contribution in [3.63, 3.8) is 0 Å². The molecule has 0 aliphatic heterocycles. The van der Waals surface area contributed by atoms with Crippen LogP contribution in [0.15, 0.2) is 63.4 Å². The SMILES string of the molecule is CCOCCCn1c(=O)c2ccccc2n2c(SCc3ccc(SC(F)F)cc3)nnc12. The summed E-state index contributed by atoms with van der Waals surface area (Å²) in [6.45, 7) is 3.62. The zero-order chi connectivity index (χ0) is 22.5. The molecule has 0 unspecified atom stereocenters. The van der Waals surface area contributed by atoms with Crippen LogP contribution in [0.3, 0.4) is 0 Å². The van der Waals surface area contributed by atoms with Crippen molar-refractivity contribution >= 4 is 40.2 Å². The number of para-hydroxylation sites is 1. The predicted octanol–water partition coefficient (Wildman–Crippen LogP) is 5.08. The number of benzene rings is 2. The predicted molar refractivity (Wildman–Crippen MR) is 124 cm³/mol. The minimum absolute atomic E-state index is 0.0966. The first-order chi connectivity index (χ1) is 15.6. The summed E-state index contributed by atoms with van der Waals surface area (Å²) in [5.74, 6) is -1.34. The van der Waals surface area contributed by atoms with E-state index in [0.29, 0.717) is 64.9 Å². The molecule has 2 aromatic heterocycles. The molecule has 0 bridgehead atoms. The van der Waals surface area contributed by atoms with Gasteiger partial charge in [0.05, 0.1) is 10.9 Å². The molecular formula is C22H22F2N4O2S2. The van der Waals surface area contributed by atoms with E-state index in [0.717, 1.165) is 11.1 Å². The van der Waals surface area contributed by atoms with Crippen LogP contribution in [0.25, 0.3) is 16.7 Å². The molecule has 0 spiro atoms. The van der Waals surface area contributed by atoms with Gasteiger partial charge in [-0.3, -0.25) is 13.8 Å². The zero-order valence-electron chi connectivity index (χ0n) is 17.4. The average molecular weight is 477 g/mol. The van der Waals surface area contributed by atoms with Gasteiger partial charge in [0.25, 0.3) is 11.3 Å². The number of rotatable bonds is 10. The summed E-state index contributed by atoms with van der Waals surface area (Å²) in [4.78, 5) is 13.6. The quantitative estimate of drug-likeness (QED) is 0.235. The molecule has 0 fully saturated rings. The summed E-state index contributed by atoms with van der Waals surface area (Å²) in [6.07, 6.45) is 0.695. The summed E-state index contributed by atoms with van der Waals surface area (Å²) >= 11 is 2.02. The number of hydrogen-bond donors (Lipinski definition) is 0. The van der Waals surface area contributed by atoms with E-state index in [1.54, 1.807) is 16.7 Å². The van der Waals surface area contributed by atoms with Crippen LogP contribution in [0.5, 0.6) is 0 Å². The maximum Gasteiger partial charge on any atom is 0.288 e. The molecule has 0 saturated carbocycles. The number of thioether (sulfide) groups is 2. The van der Waals surface area contributed by atoms with Crippen LogP contribution >= 0.6 is 23.5 Å². The van der Waals surface area contributed by atoms with Gasteiger partial charge in [-0.25, -0.2) is 0 Å². The van der Waals surface area contributed by atoms with Gasteiger partial charge in [0, 0.05) is 30.4 Å². The number of nitrogens with zero attached hydrogens (tertiary/aromatic N) is 4. The highest BCUT2D eigenvalue weighted by Gasteiger charge is 2.16. The lowest BCUT2D eigenvalue weighted by molar-refractivity contribution is 0.141. The van der Waals surface area contributed by atoms with Crippen molar-refractivity contribution in [1.29, 1.82) is 0 Å². The molecule has 0 saturated heterocycles. The van der Waals surface area contributed by atoms with Crippen LogP contribution < -0.4 is 5.56 Å². The summed E-state index contributed by atoms with van der Waals surface area (Å²) in [5, 5.41) is 9.93. The number of aryl methyl sites for hydroxylation is 1. The Bertz CT molecular complexity index is 1260.